The lowest BCUT2D eigenvalue weighted by atomic mass is 10.2. The topological polar surface area (TPSA) is 35.5 Å². The number of esters is 1. The van der Waals surface area contributed by atoms with Crippen molar-refractivity contribution in [3.05, 3.63) is 0 Å². The molecule has 50 valence electrons. The summed E-state index contributed by atoms with van der Waals surface area (Å²) in [6.45, 7) is 0.753. The molecule has 2 aliphatic heterocycles. The molecule has 0 aromatic heterocycles. The minimum atomic E-state index is -0.107. The van der Waals surface area contributed by atoms with Gasteiger partial charge in [0.15, 0.2) is 0 Å². The fraction of sp³-hybridized carbons (Fsp3) is 0.833. The third kappa shape index (κ3) is 0.721. The molecule has 2 fully saturated rings. The van der Waals surface area contributed by atoms with Gasteiger partial charge in [-0.25, -0.2) is 0 Å². The fourth-order valence-corrected chi connectivity index (χ4v) is 1.34. The van der Waals surface area contributed by atoms with Gasteiger partial charge in [-0.1, -0.05) is 0 Å². The SMILES string of the molecule is O=C1CC2OCCC2O1. The molecule has 2 aliphatic rings. The van der Waals surface area contributed by atoms with E-state index < -0.39 is 0 Å². The summed E-state index contributed by atoms with van der Waals surface area (Å²) in [6.07, 6.45) is 1.51. The molecule has 0 spiro atoms. The van der Waals surface area contributed by atoms with Crippen molar-refractivity contribution in [2.75, 3.05) is 6.61 Å². The van der Waals surface area contributed by atoms with Crippen LogP contribution >= 0.6 is 0 Å². The van der Waals surface area contributed by atoms with Crippen molar-refractivity contribution in [3.8, 4) is 0 Å². The molecule has 2 rings (SSSR count). The lowest BCUT2D eigenvalue weighted by molar-refractivity contribution is -0.141. The normalized spacial score (nSPS) is 40.7. The number of fused-ring (bicyclic) bond motifs is 1. The Morgan fingerprint density at radius 1 is 1.44 bits per heavy atom. The van der Waals surface area contributed by atoms with E-state index >= 15 is 0 Å². The Hall–Kier alpha value is -0.570. The minimum absolute atomic E-state index is 0.0810. The predicted octanol–water partition coefficient (Wildman–Crippen LogP) is 0.0908. The second kappa shape index (κ2) is 1.70. The van der Waals surface area contributed by atoms with Crippen LogP contribution in [0.5, 0.6) is 0 Å². The fourth-order valence-electron chi connectivity index (χ4n) is 1.34. The average molecular weight is 128 g/mol. The summed E-state index contributed by atoms with van der Waals surface area (Å²) in [5.41, 5.74) is 0. The van der Waals surface area contributed by atoms with Crippen LogP contribution in [0.25, 0.3) is 0 Å². The highest BCUT2D eigenvalue weighted by Gasteiger charge is 2.39. The molecule has 2 unspecified atom stereocenters. The van der Waals surface area contributed by atoms with Crippen LogP contribution in [-0.4, -0.2) is 24.8 Å². The maximum Gasteiger partial charge on any atom is 0.308 e. The van der Waals surface area contributed by atoms with E-state index in [2.05, 4.69) is 0 Å². The summed E-state index contributed by atoms with van der Waals surface area (Å²) >= 11 is 0. The molecule has 3 nitrogen and oxygen atoms in total. The summed E-state index contributed by atoms with van der Waals surface area (Å²) in [4.78, 5) is 10.6. The molecule has 0 N–H and O–H groups in total. The molecule has 0 bridgehead atoms. The minimum Gasteiger partial charge on any atom is -0.459 e. The molecule has 0 aromatic carbocycles. The molecule has 2 heterocycles. The highest BCUT2D eigenvalue weighted by molar-refractivity contribution is 5.72. The van der Waals surface area contributed by atoms with Crippen LogP contribution in [0.3, 0.4) is 0 Å². The van der Waals surface area contributed by atoms with Crippen LogP contribution in [0.15, 0.2) is 0 Å². The molecule has 0 aliphatic carbocycles. The monoisotopic (exact) mass is 128 g/mol. The van der Waals surface area contributed by atoms with E-state index in [0.717, 1.165) is 13.0 Å². The Balaban J connectivity index is 2.09. The van der Waals surface area contributed by atoms with Gasteiger partial charge in [-0.2, -0.15) is 0 Å². The van der Waals surface area contributed by atoms with E-state index in [4.69, 9.17) is 9.47 Å². The Labute approximate surface area is 52.9 Å². The molecule has 0 aromatic rings. The smallest absolute Gasteiger partial charge is 0.308 e. The third-order valence-electron chi connectivity index (χ3n) is 1.80. The van der Waals surface area contributed by atoms with E-state index in [9.17, 15) is 4.79 Å². The molecule has 2 atom stereocenters. The Morgan fingerprint density at radius 3 is 3.11 bits per heavy atom. The van der Waals surface area contributed by atoms with Crippen molar-refractivity contribution < 1.29 is 14.3 Å². The molecule has 0 saturated carbocycles. The van der Waals surface area contributed by atoms with Gasteiger partial charge in [0.25, 0.3) is 0 Å². The van der Waals surface area contributed by atoms with Crippen molar-refractivity contribution in [1.82, 2.24) is 0 Å². The van der Waals surface area contributed by atoms with Crippen molar-refractivity contribution in [3.63, 3.8) is 0 Å². The van der Waals surface area contributed by atoms with Crippen molar-refractivity contribution in [1.29, 1.82) is 0 Å². The lowest BCUT2D eigenvalue weighted by Gasteiger charge is -2.02. The average Bonchev–Trinajstić information content (AvgIpc) is 2.22. The van der Waals surface area contributed by atoms with Gasteiger partial charge in [0.05, 0.1) is 13.0 Å². The summed E-state index contributed by atoms with van der Waals surface area (Å²) in [6, 6.07) is 0. The highest BCUT2D eigenvalue weighted by atomic mass is 16.6. The van der Waals surface area contributed by atoms with Crippen LogP contribution < -0.4 is 0 Å². The lowest BCUT2D eigenvalue weighted by Crippen LogP contribution is -2.13. The summed E-state index contributed by atoms with van der Waals surface area (Å²) in [5, 5.41) is 0. The standard InChI is InChI=1S/C6H8O3/c7-6-3-5-4(9-6)1-2-8-5/h4-5H,1-3H2. The molecule has 0 amide bonds. The predicted molar refractivity (Wildman–Crippen MR) is 28.9 cm³/mol. The first kappa shape index (κ1) is 5.23. The maximum absolute atomic E-state index is 10.6. The van der Waals surface area contributed by atoms with Crippen molar-refractivity contribution in [2.45, 2.75) is 25.0 Å². The number of rotatable bonds is 0. The van der Waals surface area contributed by atoms with Gasteiger partial charge in [0.2, 0.25) is 0 Å². The summed E-state index contributed by atoms with van der Waals surface area (Å²) in [5.74, 6) is -0.107. The first-order chi connectivity index (χ1) is 4.36. The van der Waals surface area contributed by atoms with Gasteiger partial charge < -0.3 is 9.47 Å². The zero-order valence-electron chi connectivity index (χ0n) is 5.00. The molecular formula is C6H8O3. The number of ether oxygens (including phenoxy) is 2. The summed E-state index contributed by atoms with van der Waals surface area (Å²) in [7, 11) is 0. The third-order valence-corrected chi connectivity index (χ3v) is 1.80. The van der Waals surface area contributed by atoms with E-state index in [1.807, 2.05) is 0 Å². The van der Waals surface area contributed by atoms with Gasteiger partial charge in [0.1, 0.15) is 12.2 Å². The summed E-state index contributed by atoms with van der Waals surface area (Å²) < 4.78 is 10.1. The number of hydrogen-bond donors (Lipinski definition) is 0. The Bertz CT molecular complexity index is 129. The zero-order chi connectivity index (χ0) is 6.27. The van der Waals surface area contributed by atoms with Gasteiger partial charge in [-0.05, 0) is 0 Å². The van der Waals surface area contributed by atoms with Crippen LogP contribution in [-0.2, 0) is 14.3 Å². The number of carbonyl (C=O) groups is 1. The second-order valence-electron chi connectivity index (χ2n) is 2.43. The van der Waals surface area contributed by atoms with Gasteiger partial charge in [-0.15, -0.1) is 0 Å². The first-order valence-electron chi connectivity index (χ1n) is 3.17. The van der Waals surface area contributed by atoms with Crippen LogP contribution in [0.1, 0.15) is 12.8 Å². The largest absolute Gasteiger partial charge is 0.459 e. The van der Waals surface area contributed by atoms with E-state index in [0.29, 0.717) is 6.42 Å². The Kier molecular flexibility index (Phi) is 0.990. The van der Waals surface area contributed by atoms with Gasteiger partial charge >= 0.3 is 5.97 Å². The quantitative estimate of drug-likeness (QED) is 0.434. The maximum atomic E-state index is 10.6. The van der Waals surface area contributed by atoms with Crippen LogP contribution in [0.2, 0.25) is 0 Å². The second-order valence-corrected chi connectivity index (χ2v) is 2.43. The molecule has 9 heavy (non-hydrogen) atoms. The van der Waals surface area contributed by atoms with Crippen molar-refractivity contribution in [2.24, 2.45) is 0 Å². The number of hydrogen-bond acceptors (Lipinski definition) is 3. The molecular weight excluding hydrogens is 120 g/mol. The van der Waals surface area contributed by atoms with E-state index in [-0.39, 0.29) is 18.2 Å². The highest BCUT2D eigenvalue weighted by Crippen LogP contribution is 2.26. The van der Waals surface area contributed by atoms with Crippen LogP contribution in [0, 0.1) is 0 Å². The number of carbonyl (C=O) groups excluding carboxylic acids is 1. The molecule has 3 heteroatoms. The van der Waals surface area contributed by atoms with Crippen LogP contribution in [0.4, 0.5) is 0 Å². The van der Waals surface area contributed by atoms with Gasteiger partial charge in [-0.3, -0.25) is 4.79 Å². The molecule has 2 saturated heterocycles. The van der Waals surface area contributed by atoms with Gasteiger partial charge in [0, 0.05) is 6.42 Å². The van der Waals surface area contributed by atoms with E-state index in [1.54, 1.807) is 0 Å². The zero-order valence-corrected chi connectivity index (χ0v) is 5.00. The molecule has 0 radical (unpaired) electrons. The first-order valence-corrected chi connectivity index (χ1v) is 3.17. The van der Waals surface area contributed by atoms with E-state index in [1.165, 1.54) is 0 Å². The van der Waals surface area contributed by atoms with Crippen molar-refractivity contribution >= 4 is 5.97 Å². The Morgan fingerprint density at radius 2 is 2.33 bits per heavy atom.